The molecule has 26 heavy (non-hydrogen) atoms. The van der Waals surface area contributed by atoms with E-state index in [0.717, 1.165) is 30.7 Å². The van der Waals surface area contributed by atoms with Crippen molar-refractivity contribution in [3.8, 4) is 11.4 Å². The van der Waals surface area contributed by atoms with Gasteiger partial charge in [-0.3, -0.25) is 0 Å². The highest BCUT2D eigenvalue weighted by atomic mass is 16.5. The molecule has 0 radical (unpaired) electrons. The minimum absolute atomic E-state index is 0.272. The summed E-state index contributed by atoms with van der Waals surface area (Å²) in [6, 6.07) is 7.84. The zero-order valence-corrected chi connectivity index (χ0v) is 14.8. The van der Waals surface area contributed by atoms with Gasteiger partial charge in [-0.05, 0) is 56.4 Å². The van der Waals surface area contributed by atoms with Gasteiger partial charge >= 0.3 is 0 Å². The first kappa shape index (κ1) is 16.7. The molecule has 8 heteroatoms. The topological polar surface area (TPSA) is 98.0 Å². The summed E-state index contributed by atoms with van der Waals surface area (Å²) in [5.74, 6) is 1.68. The highest BCUT2D eigenvalue weighted by Gasteiger charge is 2.28. The smallest absolute Gasteiger partial charge is 0.225 e. The first-order valence-electron chi connectivity index (χ1n) is 8.81. The molecule has 1 fully saturated rings. The lowest BCUT2D eigenvalue weighted by Crippen LogP contribution is -2.20. The fourth-order valence-electron chi connectivity index (χ4n) is 3.46. The number of benzene rings is 1. The maximum Gasteiger partial charge on any atom is 0.225 e. The number of rotatable bonds is 5. The Morgan fingerprint density at radius 3 is 2.77 bits per heavy atom. The van der Waals surface area contributed by atoms with Crippen molar-refractivity contribution in [2.24, 2.45) is 5.92 Å². The van der Waals surface area contributed by atoms with E-state index in [2.05, 4.69) is 25.6 Å². The normalized spacial score (nSPS) is 21.0. The molecule has 0 amide bonds. The zero-order valence-electron chi connectivity index (χ0n) is 14.8. The molecule has 1 aliphatic carbocycles. The van der Waals surface area contributed by atoms with Crippen LogP contribution in [0.25, 0.3) is 16.9 Å². The molecule has 2 N–H and O–H groups in total. The first-order valence-corrected chi connectivity index (χ1v) is 8.81. The second-order valence-electron chi connectivity index (χ2n) is 6.76. The number of aliphatic hydroxyl groups is 1. The zero-order chi connectivity index (χ0) is 18.1. The molecule has 0 spiro atoms. The van der Waals surface area contributed by atoms with Gasteiger partial charge in [-0.15, -0.1) is 5.10 Å². The van der Waals surface area contributed by atoms with E-state index < -0.39 is 0 Å². The summed E-state index contributed by atoms with van der Waals surface area (Å²) in [4.78, 5) is 8.96. The number of ether oxygens (including phenoxy) is 1. The third-order valence-corrected chi connectivity index (χ3v) is 5.00. The van der Waals surface area contributed by atoms with Gasteiger partial charge in [0, 0.05) is 6.04 Å². The number of hydrogen-bond acceptors (Lipinski definition) is 7. The van der Waals surface area contributed by atoms with Gasteiger partial charge < -0.3 is 15.2 Å². The molecular weight excluding hydrogens is 332 g/mol. The third-order valence-electron chi connectivity index (χ3n) is 5.00. The fourth-order valence-corrected chi connectivity index (χ4v) is 3.46. The number of methoxy groups -OCH3 is 1. The Balaban J connectivity index is 1.58. The van der Waals surface area contributed by atoms with Crippen LogP contribution < -0.4 is 10.1 Å². The number of nitrogens with one attached hydrogen (secondary N) is 1. The van der Waals surface area contributed by atoms with E-state index in [1.54, 1.807) is 18.0 Å². The minimum Gasteiger partial charge on any atom is -0.497 e. The number of aliphatic hydroxyl groups excluding tert-OH is 1. The molecule has 1 unspecified atom stereocenters. The van der Waals surface area contributed by atoms with Crippen molar-refractivity contribution in [3.05, 3.63) is 30.5 Å². The molecule has 4 rings (SSSR count). The van der Waals surface area contributed by atoms with Crippen LogP contribution >= 0.6 is 0 Å². The second kappa shape index (κ2) is 6.87. The Bertz CT molecular complexity index is 892. The number of anilines is 1. The van der Waals surface area contributed by atoms with Crippen LogP contribution in [0.4, 0.5) is 5.95 Å². The molecule has 0 bridgehead atoms. The summed E-state index contributed by atoms with van der Waals surface area (Å²) >= 11 is 0. The molecule has 2 aromatic heterocycles. The average Bonchev–Trinajstić information content (AvgIpc) is 3.29. The van der Waals surface area contributed by atoms with Crippen LogP contribution in [0.1, 0.15) is 26.2 Å². The Labute approximate surface area is 151 Å². The number of hydrogen-bond donors (Lipinski definition) is 2. The average molecular weight is 354 g/mol. The van der Waals surface area contributed by atoms with Crippen LogP contribution in [-0.2, 0) is 0 Å². The highest BCUT2D eigenvalue weighted by molar-refractivity contribution is 5.72. The van der Waals surface area contributed by atoms with Crippen molar-refractivity contribution in [1.29, 1.82) is 0 Å². The number of nitrogens with zero attached hydrogens (tertiary/aromatic N) is 5. The Morgan fingerprint density at radius 2 is 2.08 bits per heavy atom. The third kappa shape index (κ3) is 3.20. The summed E-state index contributed by atoms with van der Waals surface area (Å²) in [5, 5.41) is 21.5. The number of fused-ring (bicyclic) bond motifs is 1. The van der Waals surface area contributed by atoms with Crippen LogP contribution in [0.3, 0.4) is 0 Å². The lowest BCUT2D eigenvalue weighted by atomic mass is 10.0. The Hall–Kier alpha value is -2.74. The lowest BCUT2D eigenvalue weighted by Gasteiger charge is -2.15. The predicted molar refractivity (Wildman–Crippen MR) is 97.4 cm³/mol. The van der Waals surface area contributed by atoms with Gasteiger partial charge in [0.1, 0.15) is 5.75 Å². The van der Waals surface area contributed by atoms with Gasteiger partial charge in [0.15, 0.2) is 11.2 Å². The maximum absolute atomic E-state index is 9.76. The summed E-state index contributed by atoms with van der Waals surface area (Å²) < 4.78 is 6.88. The molecule has 1 aromatic carbocycles. The minimum atomic E-state index is -0.272. The number of aromatic nitrogens is 5. The maximum atomic E-state index is 9.76. The van der Waals surface area contributed by atoms with E-state index in [-0.39, 0.29) is 12.1 Å². The fraction of sp³-hybridized carbons (Fsp3) is 0.444. The quantitative estimate of drug-likeness (QED) is 0.724. The molecule has 2 heterocycles. The van der Waals surface area contributed by atoms with E-state index in [4.69, 9.17) is 4.74 Å². The van der Waals surface area contributed by atoms with Gasteiger partial charge in [0.25, 0.3) is 0 Å². The summed E-state index contributed by atoms with van der Waals surface area (Å²) in [7, 11) is 1.64. The monoisotopic (exact) mass is 354 g/mol. The second-order valence-corrected chi connectivity index (χ2v) is 6.76. The highest BCUT2D eigenvalue weighted by Crippen LogP contribution is 2.30. The van der Waals surface area contributed by atoms with E-state index in [9.17, 15) is 5.11 Å². The van der Waals surface area contributed by atoms with Gasteiger partial charge in [-0.25, -0.2) is 4.98 Å². The van der Waals surface area contributed by atoms with Crippen LogP contribution in [0.5, 0.6) is 5.75 Å². The Morgan fingerprint density at radius 1 is 1.27 bits per heavy atom. The van der Waals surface area contributed by atoms with Gasteiger partial charge in [-0.1, -0.05) is 5.21 Å². The molecule has 3 atom stereocenters. The van der Waals surface area contributed by atoms with Crippen molar-refractivity contribution in [2.75, 3.05) is 12.4 Å². The van der Waals surface area contributed by atoms with Gasteiger partial charge in [0.05, 0.1) is 25.1 Å². The lowest BCUT2D eigenvalue weighted by molar-refractivity contribution is 0.128. The molecule has 0 aliphatic heterocycles. The van der Waals surface area contributed by atoms with E-state index in [1.807, 2.05) is 31.2 Å². The molecule has 8 nitrogen and oxygen atoms in total. The predicted octanol–water partition coefficient (Wildman–Crippen LogP) is 2.18. The molecule has 1 saturated carbocycles. The largest absolute Gasteiger partial charge is 0.497 e. The first-order chi connectivity index (χ1) is 12.6. The molecule has 1 aliphatic rings. The van der Waals surface area contributed by atoms with Crippen molar-refractivity contribution in [2.45, 2.75) is 38.3 Å². The molecule has 3 aromatic rings. The van der Waals surface area contributed by atoms with Crippen molar-refractivity contribution in [3.63, 3.8) is 0 Å². The van der Waals surface area contributed by atoms with Crippen molar-refractivity contribution in [1.82, 2.24) is 25.0 Å². The molecule has 0 saturated heterocycles. The SMILES string of the molecule is COc1ccc(-n2nnc3cnc(N[C@@H]4CC[C@@H](C(C)O)C4)nc32)cc1. The van der Waals surface area contributed by atoms with Gasteiger partial charge in [-0.2, -0.15) is 9.67 Å². The van der Waals surface area contributed by atoms with Crippen LogP contribution in [0.15, 0.2) is 30.5 Å². The van der Waals surface area contributed by atoms with E-state index >= 15 is 0 Å². The van der Waals surface area contributed by atoms with Crippen LogP contribution in [0.2, 0.25) is 0 Å². The van der Waals surface area contributed by atoms with E-state index in [0.29, 0.717) is 23.0 Å². The Kier molecular flexibility index (Phi) is 4.42. The summed E-state index contributed by atoms with van der Waals surface area (Å²) in [5.41, 5.74) is 2.14. The van der Waals surface area contributed by atoms with Gasteiger partial charge in [0.2, 0.25) is 5.95 Å². The summed E-state index contributed by atoms with van der Waals surface area (Å²) in [6.07, 6.45) is 4.36. The summed E-state index contributed by atoms with van der Waals surface area (Å²) in [6.45, 7) is 1.86. The van der Waals surface area contributed by atoms with Crippen molar-refractivity contribution < 1.29 is 9.84 Å². The molecule has 136 valence electrons. The molecular formula is C18H22N6O2. The van der Waals surface area contributed by atoms with Crippen LogP contribution in [0, 0.1) is 5.92 Å². The van der Waals surface area contributed by atoms with Crippen molar-refractivity contribution >= 4 is 17.1 Å². The van der Waals surface area contributed by atoms with Crippen LogP contribution in [-0.4, -0.2) is 49.3 Å². The van der Waals surface area contributed by atoms with E-state index in [1.165, 1.54) is 0 Å². The standard InChI is InChI=1S/C18H22N6O2/c1-11(25)12-3-4-13(9-12)20-18-19-10-16-17(21-18)24(23-22-16)14-5-7-15(26-2)8-6-14/h5-8,10-13,25H,3-4,9H2,1-2H3,(H,19,20,21)/t11?,12-,13-/m1/s1.